The van der Waals surface area contributed by atoms with Crippen molar-refractivity contribution in [3.05, 3.63) is 54.1 Å². The molecule has 1 aliphatic heterocycles. The van der Waals surface area contributed by atoms with Crippen LogP contribution in [0.25, 0.3) is 0 Å². The van der Waals surface area contributed by atoms with E-state index in [1.807, 2.05) is 24.3 Å². The number of carbonyl (C=O) groups excluding carboxylic acids is 2. The summed E-state index contributed by atoms with van der Waals surface area (Å²) in [5.41, 5.74) is 3.13. The Morgan fingerprint density at radius 1 is 0.917 bits per heavy atom. The van der Waals surface area contributed by atoms with Gasteiger partial charge in [0.2, 0.25) is 5.91 Å². The monoisotopic (exact) mass is 323 g/mol. The van der Waals surface area contributed by atoms with E-state index in [9.17, 15) is 9.59 Å². The van der Waals surface area contributed by atoms with Crippen LogP contribution in [0.3, 0.4) is 0 Å². The maximum Gasteiger partial charge on any atom is 0.255 e. The van der Waals surface area contributed by atoms with Crippen molar-refractivity contribution in [2.24, 2.45) is 0 Å². The van der Waals surface area contributed by atoms with Crippen LogP contribution < -0.4 is 15.5 Å². The highest BCUT2D eigenvalue weighted by Crippen LogP contribution is 2.29. The molecule has 0 saturated carbocycles. The summed E-state index contributed by atoms with van der Waals surface area (Å²) < 4.78 is 0. The molecule has 0 radical (unpaired) electrons. The minimum atomic E-state index is -0.156. The van der Waals surface area contributed by atoms with Gasteiger partial charge in [-0.15, -0.1) is 0 Å². The van der Waals surface area contributed by atoms with E-state index in [4.69, 9.17) is 0 Å². The Kier molecular flexibility index (Phi) is 4.79. The first-order valence-corrected chi connectivity index (χ1v) is 8.16. The Bertz CT molecular complexity index is 735. The number of nitrogens with one attached hydrogen (secondary N) is 2. The highest BCUT2D eigenvalue weighted by atomic mass is 16.2. The molecule has 24 heavy (non-hydrogen) atoms. The number of benzene rings is 2. The normalized spacial score (nSPS) is 13.6. The molecular formula is C19H21N3O2. The second-order valence-electron chi connectivity index (χ2n) is 5.92. The molecule has 2 aromatic carbocycles. The number of rotatable bonds is 4. The summed E-state index contributed by atoms with van der Waals surface area (Å²) in [6.07, 6.45) is 2.37. The molecule has 2 N–H and O–H groups in total. The second kappa shape index (κ2) is 7.17. The predicted molar refractivity (Wildman–Crippen MR) is 96.6 cm³/mol. The van der Waals surface area contributed by atoms with Crippen molar-refractivity contribution in [3.8, 4) is 0 Å². The first-order chi connectivity index (χ1) is 11.6. The van der Waals surface area contributed by atoms with Gasteiger partial charge in [0.25, 0.3) is 5.91 Å². The lowest BCUT2D eigenvalue weighted by atomic mass is 10.1. The Hall–Kier alpha value is -2.82. The van der Waals surface area contributed by atoms with Crippen LogP contribution >= 0.6 is 0 Å². The van der Waals surface area contributed by atoms with Gasteiger partial charge in [0, 0.05) is 31.3 Å². The van der Waals surface area contributed by atoms with Crippen molar-refractivity contribution in [2.45, 2.75) is 19.8 Å². The van der Waals surface area contributed by atoms with Crippen LogP contribution in [0.1, 0.15) is 30.1 Å². The van der Waals surface area contributed by atoms with Crippen molar-refractivity contribution in [1.82, 2.24) is 0 Å². The zero-order valence-electron chi connectivity index (χ0n) is 13.7. The van der Waals surface area contributed by atoms with Gasteiger partial charge >= 0.3 is 0 Å². The van der Waals surface area contributed by atoms with Crippen LogP contribution in [0.4, 0.5) is 17.1 Å². The third-order valence-corrected chi connectivity index (χ3v) is 4.07. The molecule has 2 aromatic rings. The molecule has 0 atom stereocenters. The maximum absolute atomic E-state index is 12.5. The van der Waals surface area contributed by atoms with Gasteiger partial charge in [0.15, 0.2) is 0 Å². The minimum absolute atomic E-state index is 0.133. The Morgan fingerprint density at radius 2 is 1.58 bits per heavy atom. The van der Waals surface area contributed by atoms with E-state index < -0.39 is 0 Å². The molecule has 0 aliphatic carbocycles. The number of anilines is 3. The first-order valence-electron chi connectivity index (χ1n) is 8.16. The summed E-state index contributed by atoms with van der Waals surface area (Å²) in [6, 6.07) is 14.8. The Morgan fingerprint density at radius 3 is 2.25 bits per heavy atom. The molecule has 5 heteroatoms. The number of amides is 2. The summed E-state index contributed by atoms with van der Waals surface area (Å²) in [4.78, 5) is 25.8. The van der Waals surface area contributed by atoms with Crippen LogP contribution in [0.2, 0.25) is 0 Å². The number of nitrogens with zero attached hydrogens (tertiary/aromatic N) is 1. The van der Waals surface area contributed by atoms with Gasteiger partial charge in [0.05, 0.1) is 11.4 Å². The van der Waals surface area contributed by atoms with E-state index in [0.29, 0.717) is 11.3 Å². The summed E-state index contributed by atoms with van der Waals surface area (Å²) >= 11 is 0. The van der Waals surface area contributed by atoms with Gasteiger partial charge in [-0.2, -0.15) is 0 Å². The predicted octanol–water partition coefficient (Wildman–Crippen LogP) is 3.50. The lowest BCUT2D eigenvalue weighted by Crippen LogP contribution is -2.21. The van der Waals surface area contributed by atoms with Crippen molar-refractivity contribution in [1.29, 1.82) is 0 Å². The van der Waals surface area contributed by atoms with Crippen molar-refractivity contribution < 1.29 is 9.59 Å². The largest absolute Gasteiger partial charge is 0.370 e. The summed E-state index contributed by atoms with van der Waals surface area (Å²) in [5.74, 6) is -0.289. The van der Waals surface area contributed by atoms with Crippen LogP contribution in [0, 0.1) is 0 Å². The third-order valence-electron chi connectivity index (χ3n) is 4.07. The Balaban J connectivity index is 1.74. The smallest absolute Gasteiger partial charge is 0.255 e. The van der Waals surface area contributed by atoms with Crippen LogP contribution in [0.5, 0.6) is 0 Å². The fraction of sp³-hybridized carbons (Fsp3) is 0.263. The maximum atomic E-state index is 12.5. The molecule has 3 rings (SSSR count). The van der Waals surface area contributed by atoms with E-state index in [2.05, 4.69) is 15.5 Å². The standard InChI is InChI=1S/C19H21N3O2/c1-14(23)20-16-10-8-15(9-11-16)19(24)21-17-6-2-3-7-18(17)22-12-4-5-13-22/h2-3,6-11H,4-5,12-13H2,1H3,(H,20,23)(H,21,24). The number of para-hydroxylation sites is 2. The highest BCUT2D eigenvalue weighted by Gasteiger charge is 2.17. The second-order valence-corrected chi connectivity index (χ2v) is 5.92. The average molecular weight is 323 g/mol. The summed E-state index contributed by atoms with van der Waals surface area (Å²) in [7, 11) is 0. The zero-order chi connectivity index (χ0) is 16.9. The first kappa shape index (κ1) is 16.1. The summed E-state index contributed by atoms with van der Waals surface area (Å²) in [6.45, 7) is 3.51. The molecule has 1 heterocycles. The summed E-state index contributed by atoms with van der Waals surface area (Å²) in [5, 5.41) is 5.69. The zero-order valence-corrected chi connectivity index (χ0v) is 13.7. The van der Waals surface area contributed by atoms with E-state index in [0.717, 1.165) is 24.5 Å². The topological polar surface area (TPSA) is 61.4 Å². The number of hydrogen-bond acceptors (Lipinski definition) is 3. The molecule has 0 unspecified atom stereocenters. The molecule has 1 saturated heterocycles. The fourth-order valence-electron chi connectivity index (χ4n) is 2.92. The molecule has 0 aromatic heterocycles. The highest BCUT2D eigenvalue weighted by molar-refractivity contribution is 6.06. The Labute approximate surface area is 141 Å². The van der Waals surface area contributed by atoms with E-state index in [1.54, 1.807) is 24.3 Å². The van der Waals surface area contributed by atoms with Gasteiger partial charge in [-0.3, -0.25) is 9.59 Å². The van der Waals surface area contributed by atoms with Gasteiger partial charge in [0.1, 0.15) is 0 Å². The lowest BCUT2D eigenvalue weighted by Gasteiger charge is -2.21. The van der Waals surface area contributed by atoms with Crippen LogP contribution in [0.15, 0.2) is 48.5 Å². The van der Waals surface area contributed by atoms with Gasteiger partial charge in [-0.1, -0.05) is 12.1 Å². The molecular weight excluding hydrogens is 302 g/mol. The van der Waals surface area contributed by atoms with E-state index in [-0.39, 0.29) is 11.8 Å². The SMILES string of the molecule is CC(=O)Nc1ccc(C(=O)Nc2ccccc2N2CCCC2)cc1. The molecule has 1 aliphatic rings. The molecule has 0 spiro atoms. The third kappa shape index (κ3) is 3.74. The average Bonchev–Trinajstić information content (AvgIpc) is 3.10. The van der Waals surface area contributed by atoms with Gasteiger partial charge in [-0.05, 0) is 49.2 Å². The molecule has 5 nitrogen and oxygen atoms in total. The molecule has 2 amide bonds. The van der Waals surface area contributed by atoms with Crippen LogP contribution in [-0.2, 0) is 4.79 Å². The fourth-order valence-corrected chi connectivity index (χ4v) is 2.92. The minimum Gasteiger partial charge on any atom is -0.370 e. The number of hydrogen-bond donors (Lipinski definition) is 2. The van der Waals surface area contributed by atoms with E-state index >= 15 is 0 Å². The molecule has 1 fully saturated rings. The molecule has 0 bridgehead atoms. The van der Waals surface area contributed by atoms with Crippen molar-refractivity contribution in [3.63, 3.8) is 0 Å². The lowest BCUT2D eigenvalue weighted by molar-refractivity contribution is -0.114. The quantitative estimate of drug-likeness (QED) is 0.905. The van der Waals surface area contributed by atoms with Crippen molar-refractivity contribution in [2.75, 3.05) is 28.6 Å². The van der Waals surface area contributed by atoms with Crippen LogP contribution in [-0.4, -0.2) is 24.9 Å². The number of carbonyl (C=O) groups is 2. The van der Waals surface area contributed by atoms with Gasteiger partial charge in [-0.25, -0.2) is 0 Å². The van der Waals surface area contributed by atoms with E-state index in [1.165, 1.54) is 19.8 Å². The van der Waals surface area contributed by atoms with Crippen molar-refractivity contribution >= 4 is 28.9 Å². The molecule has 124 valence electrons. The van der Waals surface area contributed by atoms with Gasteiger partial charge < -0.3 is 15.5 Å².